The average molecular weight is 399 g/mol. The number of carbonyl (C=O) groups excluding carboxylic acids is 1. The van der Waals surface area contributed by atoms with Crippen LogP contribution in [0, 0.1) is 12.3 Å². The van der Waals surface area contributed by atoms with Gasteiger partial charge in [0.1, 0.15) is 0 Å². The molecule has 2 aliphatic heterocycles. The Balaban J connectivity index is 1.47. The Morgan fingerprint density at radius 3 is 2.79 bits per heavy atom. The molecule has 1 atom stereocenters. The predicted molar refractivity (Wildman–Crippen MR) is 106 cm³/mol. The number of fused-ring (bicyclic) bond motifs is 1. The fourth-order valence-corrected chi connectivity index (χ4v) is 4.32. The molecular weight excluding hydrogens is 374 g/mol. The fourth-order valence-electron chi connectivity index (χ4n) is 4.32. The number of aromatic nitrogens is 2. The number of nitrogens with zero attached hydrogens (tertiary/aromatic N) is 1. The van der Waals surface area contributed by atoms with E-state index in [0.717, 1.165) is 36.3 Å². The maximum Gasteiger partial charge on any atom is 0.325 e. The van der Waals surface area contributed by atoms with Gasteiger partial charge in [-0.2, -0.15) is 0 Å². The lowest BCUT2D eigenvalue weighted by molar-refractivity contribution is -0.133. The van der Waals surface area contributed by atoms with Crippen molar-refractivity contribution in [2.45, 2.75) is 39.5 Å². The zero-order chi connectivity index (χ0) is 20.6. The van der Waals surface area contributed by atoms with Crippen molar-refractivity contribution in [1.82, 2.24) is 14.9 Å². The molecule has 2 aliphatic rings. The van der Waals surface area contributed by atoms with Gasteiger partial charge in [-0.15, -0.1) is 0 Å². The summed E-state index contributed by atoms with van der Waals surface area (Å²) in [5.41, 5.74) is 0.787. The lowest BCUT2D eigenvalue weighted by Crippen LogP contribution is -2.46. The largest absolute Gasteiger partial charge is 0.454 e. The Bertz CT molecular complexity index is 1060. The molecule has 0 spiro atoms. The molecule has 8 nitrogen and oxygen atoms in total. The number of H-pyrrole nitrogens is 2. The lowest BCUT2D eigenvalue weighted by Gasteiger charge is -2.41. The van der Waals surface area contributed by atoms with Gasteiger partial charge in [0.25, 0.3) is 5.56 Å². The molecule has 0 aliphatic carbocycles. The Morgan fingerprint density at radius 1 is 1.21 bits per heavy atom. The van der Waals surface area contributed by atoms with Gasteiger partial charge in [0, 0.05) is 24.3 Å². The first-order valence-corrected chi connectivity index (χ1v) is 9.81. The second-order valence-corrected chi connectivity index (χ2v) is 8.28. The van der Waals surface area contributed by atoms with E-state index in [2.05, 4.69) is 16.9 Å². The number of piperidine rings is 1. The highest BCUT2D eigenvalue weighted by Gasteiger charge is 2.34. The van der Waals surface area contributed by atoms with Crippen LogP contribution in [0.5, 0.6) is 11.5 Å². The maximum absolute atomic E-state index is 12.9. The number of carbonyl (C=O) groups is 1. The molecule has 0 radical (unpaired) electrons. The summed E-state index contributed by atoms with van der Waals surface area (Å²) in [6.45, 7) is 5.38. The van der Waals surface area contributed by atoms with Crippen LogP contribution in [0.4, 0.5) is 0 Å². The Morgan fingerprint density at radius 2 is 2.00 bits per heavy atom. The van der Waals surface area contributed by atoms with Crippen molar-refractivity contribution in [2.24, 2.45) is 5.41 Å². The first-order valence-electron chi connectivity index (χ1n) is 9.81. The molecule has 2 N–H and O–H groups in total. The van der Waals surface area contributed by atoms with Crippen LogP contribution in [0.2, 0.25) is 0 Å². The standard InChI is InChI=1S/C21H25N3O5/c1-13-15(19(26)23-20(27)22-13)9-18(25)24-7-3-6-21(2,11-24)10-14-4-5-16-17(8-14)29-12-28-16/h4-5,8H,3,6-7,9-12H2,1-2H3,(H2,22,23,26,27)/t21-/m1/s1. The summed E-state index contributed by atoms with van der Waals surface area (Å²) in [6.07, 6.45) is 2.74. The number of hydrogen-bond acceptors (Lipinski definition) is 5. The summed E-state index contributed by atoms with van der Waals surface area (Å²) in [5.74, 6) is 1.44. The van der Waals surface area contributed by atoms with E-state index in [1.807, 2.05) is 23.1 Å². The van der Waals surface area contributed by atoms with E-state index in [9.17, 15) is 14.4 Å². The first-order chi connectivity index (χ1) is 13.8. The van der Waals surface area contributed by atoms with Gasteiger partial charge in [-0.3, -0.25) is 14.6 Å². The molecule has 0 unspecified atom stereocenters. The summed E-state index contributed by atoms with van der Waals surface area (Å²) < 4.78 is 10.8. The van der Waals surface area contributed by atoms with Crippen LogP contribution in [0.3, 0.4) is 0 Å². The maximum atomic E-state index is 12.9. The molecule has 3 heterocycles. The van der Waals surface area contributed by atoms with Crippen molar-refractivity contribution >= 4 is 5.91 Å². The van der Waals surface area contributed by atoms with Crippen LogP contribution in [0.1, 0.15) is 36.6 Å². The minimum Gasteiger partial charge on any atom is -0.454 e. The highest BCUT2D eigenvalue weighted by molar-refractivity contribution is 5.79. The molecule has 4 rings (SSSR count). The molecule has 1 fully saturated rings. The molecule has 8 heteroatoms. The van der Waals surface area contributed by atoms with Crippen molar-refractivity contribution in [2.75, 3.05) is 19.9 Å². The monoisotopic (exact) mass is 399 g/mol. The third-order valence-electron chi connectivity index (χ3n) is 5.78. The van der Waals surface area contributed by atoms with Gasteiger partial charge < -0.3 is 19.4 Å². The molecule has 1 amide bonds. The first kappa shape index (κ1) is 19.3. The van der Waals surface area contributed by atoms with Crippen molar-refractivity contribution in [3.8, 4) is 11.5 Å². The summed E-state index contributed by atoms with van der Waals surface area (Å²) in [5, 5.41) is 0. The minimum atomic E-state index is -0.557. The van der Waals surface area contributed by atoms with Crippen LogP contribution in [-0.2, 0) is 17.6 Å². The number of aromatic amines is 2. The number of benzene rings is 1. The van der Waals surface area contributed by atoms with Gasteiger partial charge in [0.2, 0.25) is 12.7 Å². The second-order valence-electron chi connectivity index (χ2n) is 8.28. The van der Waals surface area contributed by atoms with E-state index in [0.29, 0.717) is 24.3 Å². The predicted octanol–water partition coefficient (Wildman–Crippen LogP) is 1.51. The van der Waals surface area contributed by atoms with Crippen LogP contribution < -0.4 is 20.7 Å². The SMILES string of the molecule is Cc1[nH]c(=O)[nH]c(=O)c1CC(=O)N1CCC[C@](C)(Cc2ccc3c(c2)OCO3)C1. The minimum absolute atomic E-state index is 0.0158. The van der Waals surface area contributed by atoms with Gasteiger partial charge in [0.05, 0.1) is 6.42 Å². The molecule has 0 bridgehead atoms. The number of aryl methyl sites for hydroxylation is 1. The van der Waals surface area contributed by atoms with Gasteiger partial charge in [0.15, 0.2) is 11.5 Å². The van der Waals surface area contributed by atoms with Crippen LogP contribution in [-0.4, -0.2) is 40.7 Å². The van der Waals surface area contributed by atoms with Crippen molar-refractivity contribution in [3.05, 3.63) is 55.9 Å². The molecule has 2 aromatic rings. The van der Waals surface area contributed by atoms with Crippen molar-refractivity contribution in [3.63, 3.8) is 0 Å². The fraction of sp³-hybridized carbons (Fsp3) is 0.476. The van der Waals surface area contributed by atoms with E-state index in [1.54, 1.807) is 6.92 Å². The third-order valence-corrected chi connectivity index (χ3v) is 5.78. The van der Waals surface area contributed by atoms with Crippen molar-refractivity contribution in [1.29, 1.82) is 0 Å². The number of nitrogens with one attached hydrogen (secondary N) is 2. The van der Waals surface area contributed by atoms with E-state index in [4.69, 9.17) is 9.47 Å². The molecule has 29 heavy (non-hydrogen) atoms. The van der Waals surface area contributed by atoms with E-state index >= 15 is 0 Å². The normalized spacial score (nSPS) is 20.7. The van der Waals surface area contributed by atoms with Gasteiger partial charge >= 0.3 is 5.69 Å². The number of ether oxygens (including phenoxy) is 2. The number of hydrogen-bond donors (Lipinski definition) is 2. The average Bonchev–Trinajstić information content (AvgIpc) is 3.12. The Hall–Kier alpha value is -3.03. The molecule has 1 aromatic carbocycles. The van der Waals surface area contributed by atoms with Crippen LogP contribution in [0.25, 0.3) is 0 Å². The highest BCUT2D eigenvalue weighted by atomic mass is 16.7. The molecular formula is C21H25N3O5. The summed E-state index contributed by atoms with van der Waals surface area (Å²) >= 11 is 0. The number of likely N-dealkylation sites (tertiary alicyclic amines) is 1. The lowest BCUT2D eigenvalue weighted by atomic mass is 9.76. The van der Waals surface area contributed by atoms with Gasteiger partial charge in [-0.05, 0) is 49.3 Å². The molecule has 1 saturated heterocycles. The van der Waals surface area contributed by atoms with E-state index in [1.165, 1.54) is 0 Å². The van der Waals surface area contributed by atoms with Crippen molar-refractivity contribution < 1.29 is 14.3 Å². The summed E-state index contributed by atoms with van der Waals surface area (Å²) in [6, 6.07) is 5.98. The molecule has 0 saturated carbocycles. The Kier molecular flexibility index (Phi) is 4.94. The zero-order valence-electron chi connectivity index (χ0n) is 16.7. The quantitative estimate of drug-likeness (QED) is 0.811. The topological polar surface area (TPSA) is 104 Å². The summed E-state index contributed by atoms with van der Waals surface area (Å²) in [4.78, 5) is 42.9. The molecule has 1 aromatic heterocycles. The van der Waals surface area contributed by atoms with Crippen LogP contribution in [0.15, 0.2) is 27.8 Å². The second kappa shape index (κ2) is 7.42. The highest BCUT2D eigenvalue weighted by Crippen LogP contribution is 2.37. The van der Waals surface area contributed by atoms with E-state index in [-0.39, 0.29) is 24.5 Å². The van der Waals surface area contributed by atoms with Gasteiger partial charge in [-0.25, -0.2) is 4.79 Å². The smallest absolute Gasteiger partial charge is 0.325 e. The Labute approximate surface area is 167 Å². The number of amides is 1. The zero-order valence-corrected chi connectivity index (χ0v) is 16.7. The van der Waals surface area contributed by atoms with Gasteiger partial charge in [-0.1, -0.05) is 13.0 Å². The summed E-state index contributed by atoms with van der Waals surface area (Å²) in [7, 11) is 0. The third kappa shape index (κ3) is 4.06. The molecule has 154 valence electrons. The number of rotatable bonds is 4. The van der Waals surface area contributed by atoms with Crippen LogP contribution >= 0.6 is 0 Å². The van der Waals surface area contributed by atoms with E-state index < -0.39 is 11.2 Å².